The number of nitrogens with zero attached hydrogens (tertiary/aromatic N) is 1. The molecule has 1 aromatic rings. The largest absolute Gasteiger partial charge is 0.397 e. The van der Waals surface area contributed by atoms with Gasteiger partial charge >= 0.3 is 6.55 Å². The summed E-state index contributed by atoms with van der Waals surface area (Å²) in [5, 5.41) is 0. The number of aromatic nitrogens is 1. The third-order valence-electron chi connectivity index (χ3n) is 1.54. The highest BCUT2D eigenvalue weighted by molar-refractivity contribution is 5.42. The van der Waals surface area contributed by atoms with Gasteiger partial charge < -0.3 is 5.73 Å². The summed E-state index contributed by atoms with van der Waals surface area (Å²) in [7, 11) is 0. The molecular formula is C7H8F2N2O. The summed E-state index contributed by atoms with van der Waals surface area (Å²) in [4.78, 5) is 10.9. The monoisotopic (exact) mass is 174 g/mol. The molecule has 3 nitrogen and oxygen atoms in total. The quantitative estimate of drug-likeness (QED) is 0.693. The molecule has 0 amide bonds. The third kappa shape index (κ3) is 1.44. The van der Waals surface area contributed by atoms with E-state index in [1.54, 1.807) is 6.92 Å². The molecule has 66 valence electrons. The van der Waals surface area contributed by atoms with Crippen LogP contribution >= 0.6 is 0 Å². The molecule has 0 spiro atoms. The summed E-state index contributed by atoms with van der Waals surface area (Å²) < 4.78 is 24.4. The van der Waals surface area contributed by atoms with Gasteiger partial charge in [-0.25, -0.2) is 0 Å². The van der Waals surface area contributed by atoms with Gasteiger partial charge in [-0.3, -0.25) is 9.36 Å². The Kier molecular flexibility index (Phi) is 2.12. The van der Waals surface area contributed by atoms with Crippen molar-refractivity contribution in [3.8, 4) is 0 Å². The molecule has 12 heavy (non-hydrogen) atoms. The van der Waals surface area contributed by atoms with Crippen molar-refractivity contribution in [3.63, 3.8) is 0 Å². The highest BCUT2D eigenvalue weighted by atomic mass is 19.3. The van der Waals surface area contributed by atoms with Crippen LogP contribution in [0.15, 0.2) is 17.1 Å². The van der Waals surface area contributed by atoms with Crippen LogP contribution in [0.25, 0.3) is 0 Å². The van der Waals surface area contributed by atoms with E-state index in [1.807, 2.05) is 0 Å². The Bertz CT molecular complexity index is 346. The van der Waals surface area contributed by atoms with Crippen molar-refractivity contribution < 1.29 is 8.78 Å². The van der Waals surface area contributed by atoms with Gasteiger partial charge in [-0.15, -0.1) is 0 Å². The summed E-state index contributed by atoms with van der Waals surface area (Å²) in [6, 6.07) is 1.08. The second-order valence-corrected chi connectivity index (χ2v) is 2.43. The van der Waals surface area contributed by atoms with E-state index in [0.717, 1.165) is 12.3 Å². The van der Waals surface area contributed by atoms with Gasteiger partial charge in [0.05, 0.1) is 5.69 Å². The second-order valence-electron chi connectivity index (χ2n) is 2.43. The number of alkyl halides is 2. The Morgan fingerprint density at radius 1 is 1.58 bits per heavy atom. The summed E-state index contributed by atoms with van der Waals surface area (Å²) in [5.41, 5.74) is 5.30. The maximum Gasteiger partial charge on any atom is 0.321 e. The molecule has 1 rings (SSSR count). The number of anilines is 1. The number of pyridine rings is 1. The Morgan fingerprint density at radius 3 is 2.67 bits per heavy atom. The van der Waals surface area contributed by atoms with E-state index in [0.29, 0.717) is 10.1 Å². The lowest BCUT2D eigenvalue weighted by Crippen LogP contribution is -2.20. The van der Waals surface area contributed by atoms with Crippen molar-refractivity contribution in [3.05, 3.63) is 28.2 Å². The molecule has 0 aliphatic heterocycles. The van der Waals surface area contributed by atoms with Crippen LogP contribution in [0.5, 0.6) is 0 Å². The van der Waals surface area contributed by atoms with E-state index in [2.05, 4.69) is 0 Å². The SMILES string of the molecule is Cc1cc(=O)n(C(F)F)cc1N. The molecule has 0 aliphatic carbocycles. The van der Waals surface area contributed by atoms with E-state index in [9.17, 15) is 13.6 Å². The Hall–Kier alpha value is -1.39. The predicted molar refractivity (Wildman–Crippen MR) is 41.1 cm³/mol. The molecule has 1 aromatic heterocycles. The van der Waals surface area contributed by atoms with Crippen molar-refractivity contribution in [2.45, 2.75) is 13.5 Å². The van der Waals surface area contributed by atoms with Crippen molar-refractivity contribution >= 4 is 5.69 Å². The van der Waals surface area contributed by atoms with Crippen LogP contribution in [0, 0.1) is 6.92 Å². The van der Waals surface area contributed by atoms with Crippen LogP contribution in [-0.4, -0.2) is 4.57 Å². The molecule has 0 saturated heterocycles. The number of aryl methyl sites for hydroxylation is 1. The average Bonchev–Trinajstić information content (AvgIpc) is 1.96. The first-order valence-corrected chi connectivity index (χ1v) is 3.29. The van der Waals surface area contributed by atoms with Crippen LogP contribution in [-0.2, 0) is 0 Å². The van der Waals surface area contributed by atoms with Gasteiger partial charge in [-0.2, -0.15) is 8.78 Å². The highest BCUT2D eigenvalue weighted by Gasteiger charge is 2.08. The number of rotatable bonds is 1. The Morgan fingerprint density at radius 2 is 2.17 bits per heavy atom. The molecule has 0 atom stereocenters. The summed E-state index contributed by atoms with van der Waals surface area (Å²) in [6.07, 6.45) is 0.947. The van der Waals surface area contributed by atoms with Crippen molar-refractivity contribution in [2.75, 3.05) is 5.73 Å². The number of hydrogen-bond donors (Lipinski definition) is 1. The molecule has 0 aromatic carbocycles. The minimum atomic E-state index is -2.83. The standard InChI is InChI=1S/C7H8F2N2O/c1-4-2-6(12)11(7(8)9)3-5(4)10/h2-3,7H,10H2,1H3. The minimum absolute atomic E-state index is 0.190. The molecule has 0 aliphatic rings. The maximum atomic E-state index is 12.0. The molecule has 2 N–H and O–H groups in total. The number of hydrogen-bond acceptors (Lipinski definition) is 2. The van der Waals surface area contributed by atoms with E-state index in [-0.39, 0.29) is 5.69 Å². The molecule has 0 fully saturated rings. The fourth-order valence-corrected chi connectivity index (χ4v) is 0.811. The highest BCUT2D eigenvalue weighted by Crippen LogP contribution is 2.11. The first-order chi connectivity index (χ1) is 5.52. The van der Waals surface area contributed by atoms with Crippen molar-refractivity contribution in [1.29, 1.82) is 0 Å². The molecule has 0 bridgehead atoms. The average molecular weight is 174 g/mol. The van der Waals surface area contributed by atoms with Gasteiger partial charge in [-0.1, -0.05) is 0 Å². The predicted octanol–water partition coefficient (Wildman–Crippen LogP) is 1.13. The van der Waals surface area contributed by atoms with Crippen LogP contribution in [0.2, 0.25) is 0 Å². The van der Waals surface area contributed by atoms with E-state index < -0.39 is 12.1 Å². The van der Waals surface area contributed by atoms with E-state index >= 15 is 0 Å². The fourth-order valence-electron chi connectivity index (χ4n) is 0.811. The van der Waals surface area contributed by atoms with E-state index in [1.165, 1.54) is 0 Å². The van der Waals surface area contributed by atoms with Gasteiger partial charge in [0.2, 0.25) is 0 Å². The molecular weight excluding hydrogens is 166 g/mol. The number of nitrogen functional groups attached to an aromatic ring is 1. The lowest BCUT2D eigenvalue weighted by molar-refractivity contribution is 0.0665. The minimum Gasteiger partial charge on any atom is -0.397 e. The van der Waals surface area contributed by atoms with Gasteiger partial charge in [0.1, 0.15) is 0 Å². The fraction of sp³-hybridized carbons (Fsp3) is 0.286. The molecule has 1 heterocycles. The summed E-state index contributed by atoms with van der Waals surface area (Å²) >= 11 is 0. The molecule has 5 heteroatoms. The van der Waals surface area contributed by atoms with Gasteiger partial charge in [0.25, 0.3) is 5.56 Å². The normalized spacial score (nSPS) is 10.7. The summed E-state index contributed by atoms with van der Waals surface area (Å²) in [6.45, 7) is -1.24. The van der Waals surface area contributed by atoms with Crippen LogP contribution in [0.1, 0.15) is 12.1 Å². The third-order valence-corrected chi connectivity index (χ3v) is 1.54. The second kappa shape index (κ2) is 2.92. The Labute approximate surface area is 67.4 Å². The molecule has 0 saturated carbocycles. The van der Waals surface area contributed by atoms with E-state index in [4.69, 9.17) is 5.73 Å². The Balaban J connectivity index is 3.33. The van der Waals surface area contributed by atoms with Crippen molar-refractivity contribution in [2.24, 2.45) is 0 Å². The lowest BCUT2D eigenvalue weighted by atomic mass is 10.2. The van der Waals surface area contributed by atoms with Crippen LogP contribution in [0.4, 0.5) is 14.5 Å². The van der Waals surface area contributed by atoms with Crippen LogP contribution < -0.4 is 11.3 Å². The topological polar surface area (TPSA) is 48.0 Å². The first-order valence-electron chi connectivity index (χ1n) is 3.29. The smallest absolute Gasteiger partial charge is 0.321 e. The molecule has 0 unspecified atom stereocenters. The van der Waals surface area contributed by atoms with Gasteiger partial charge in [0.15, 0.2) is 0 Å². The molecule has 0 radical (unpaired) electrons. The maximum absolute atomic E-state index is 12.0. The zero-order valence-electron chi connectivity index (χ0n) is 6.42. The lowest BCUT2D eigenvalue weighted by Gasteiger charge is -2.05. The van der Waals surface area contributed by atoms with Gasteiger partial charge in [-0.05, 0) is 12.5 Å². The number of nitrogens with two attached hydrogens (primary N) is 1. The first kappa shape index (κ1) is 8.70. The van der Waals surface area contributed by atoms with Crippen LogP contribution in [0.3, 0.4) is 0 Å². The van der Waals surface area contributed by atoms with Gasteiger partial charge in [0, 0.05) is 12.3 Å². The summed E-state index contributed by atoms with van der Waals surface area (Å²) in [5.74, 6) is 0. The zero-order chi connectivity index (χ0) is 9.30. The number of halogens is 2. The zero-order valence-corrected chi connectivity index (χ0v) is 6.42. The van der Waals surface area contributed by atoms with Crippen molar-refractivity contribution in [1.82, 2.24) is 4.57 Å².